The summed E-state index contributed by atoms with van der Waals surface area (Å²) in [7, 11) is 0. The number of hydrogen-bond acceptors (Lipinski definition) is 7. The van der Waals surface area contributed by atoms with E-state index in [-0.39, 0.29) is 31.5 Å². The quantitative estimate of drug-likeness (QED) is 0.597. The maximum absolute atomic E-state index is 12.1. The van der Waals surface area contributed by atoms with Gasteiger partial charge in [-0.1, -0.05) is 0 Å². The molecule has 0 radical (unpaired) electrons. The van der Waals surface area contributed by atoms with E-state index in [0.29, 0.717) is 22.0 Å². The summed E-state index contributed by atoms with van der Waals surface area (Å²) in [4.78, 5) is 39.9. The first-order valence-corrected chi connectivity index (χ1v) is 8.86. The van der Waals surface area contributed by atoms with E-state index in [1.807, 2.05) is 0 Å². The number of amides is 2. The number of nitrogens with two attached hydrogens (primary N) is 1. The molecular formula is C17H21ClN4O4S. The van der Waals surface area contributed by atoms with E-state index >= 15 is 0 Å². The third-order valence-corrected chi connectivity index (χ3v) is 4.22. The number of anilines is 1. The summed E-state index contributed by atoms with van der Waals surface area (Å²) in [6.07, 6.45) is 0. The standard InChI is InChI=1S/C17H20N4O4S.ClH/c1-3-25-17(24)10(2)19-15(22)11-4-6-12(7-5-11)20-16(23)13-9-26-14(8-18)21-13;/h4-7,9-10H,3,8,18H2,1-2H3,(H,19,22)(H,20,23);1H. The molecule has 27 heavy (non-hydrogen) atoms. The summed E-state index contributed by atoms with van der Waals surface area (Å²) in [6.45, 7) is 3.78. The van der Waals surface area contributed by atoms with Gasteiger partial charge in [-0.2, -0.15) is 0 Å². The average Bonchev–Trinajstić information content (AvgIpc) is 3.11. The second-order valence-corrected chi connectivity index (χ2v) is 6.25. The van der Waals surface area contributed by atoms with Gasteiger partial charge in [-0.3, -0.25) is 9.59 Å². The fourth-order valence-electron chi connectivity index (χ4n) is 2.02. The molecule has 0 aliphatic heterocycles. The fourth-order valence-corrected chi connectivity index (χ4v) is 2.67. The Balaban J connectivity index is 0.00000364. The molecular weight excluding hydrogens is 392 g/mol. The van der Waals surface area contributed by atoms with Crippen molar-refractivity contribution in [1.82, 2.24) is 10.3 Å². The number of nitrogens with zero attached hydrogens (tertiary/aromatic N) is 1. The zero-order valence-corrected chi connectivity index (χ0v) is 16.5. The van der Waals surface area contributed by atoms with E-state index in [1.54, 1.807) is 43.5 Å². The number of carbonyl (C=O) groups is 3. The number of nitrogens with one attached hydrogen (secondary N) is 2. The van der Waals surface area contributed by atoms with Crippen LogP contribution in [0.3, 0.4) is 0 Å². The van der Waals surface area contributed by atoms with E-state index in [0.717, 1.165) is 0 Å². The molecule has 1 unspecified atom stereocenters. The second kappa shape index (κ2) is 10.6. The summed E-state index contributed by atoms with van der Waals surface area (Å²) in [5, 5.41) is 7.56. The smallest absolute Gasteiger partial charge is 0.328 e. The number of benzene rings is 1. The van der Waals surface area contributed by atoms with Crippen LogP contribution in [0.25, 0.3) is 0 Å². The van der Waals surface area contributed by atoms with Gasteiger partial charge in [0.2, 0.25) is 0 Å². The molecule has 0 fully saturated rings. The average molecular weight is 413 g/mol. The van der Waals surface area contributed by atoms with E-state index in [2.05, 4.69) is 15.6 Å². The molecule has 0 spiro atoms. The molecule has 0 aliphatic carbocycles. The third kappa shape index (κ3) is 6.31. The lowest BCUT2D eigenvalue weighted by molar-refractivity contribution is -0.144. The highest BCUT2D eigenvalue weighted by Gasteiger charge is 2.17. The maximum Gasteiger partial charge on any atom is 0.328 e. The molecule has 1 aromatic carbocycles. The lowest BCUT2D eigenvalue weighted by Crippen LogP contribution is -2.39. The van der Waals surface area contributed by atoms with Crippen molar-refractivity contribution in [2.24, 2.45) is 5.73 Å². The highest BCUT2D eigenvalue weighted by Crippen LogP contribution is 2.14. The first-order valence-electron chi connectivity index (χ1n) is 7.98. The number of esters is 1. The minimum atomic E-state index is -0.747. The number of rotatable bonds is 7. The van der Waals surface area contributed by atoms with Crippen LogP contribution < -0.4 is 16.4 Å². The normalized spacial score (nSPS) is 11.1. The predicted molar refractivity (Wildman–Crippen MR) is 105 cm³/mol. The monoisotopic (exact) mass is 412 g/mol. The second-order valence-electron chi connectivity index (χ2n) is 5.31. The van der Waals surface area contributed by atoms with Crippen molar-refractivity contribution >= 4 is 47.2 Å². The number of hydrogen-bond donors (Lipinski definition) is 3. The van der Waals surface area contributed by atoms with Crippen molar-refractivity contribution in [3.8, 4) is 0 Å². The van der Waals surface area contributed by atoms with E-state index in [9.17, 15) is 14.4 Å². The highest BCUT2D eigenvalue weighted by molar-refractivity contribution is 7.09. The van der Waals surface area contributed by atoms with Gasteiger partial charge in [0.25, 0.3) is 11.8 Å². The van der Waals surface area contributed by atoms with Gasteiger partial charge in [0.1, 0.15) is 16.7 Å². The third-order valence-electron chi connectivity index (χ3n) is 3.35. The fraction of sp³-hybridized carbons (Fsp3) is 0.294. The van der Waals surface area contributed by atoms with Crippen LogP contribution in [0.15, 0.2) is 29.6 Å². The highest BCUT2D eigenvalue weighted by atomic mass is 35.5. The summed E-state index contributed by atoms with van der Waals surface area (Å²) >= 11 is 1.32. The Bertz CT molecular complexity index is 794. The van der Waals surface area contributed by atoms with Crippen LogP contribution in [0, 0.1) is 0 Å². The molecule has 4 N–H and O–H groups in total. The summed E-state index contributed by atoms with van der Waals surface area (Å²) in [5.74, 6) is -1.26. The SMILES string of the molecule is CCOC(=O)C(C)NC(=O)c1ccc(NC(=O)c2csc(CN)n2)cc1.Cl. The van der Waals surface area contributed by atoms with Crippen molar-refractivity contribution in [1.29, 1.82) is 0 Å². The minimum absolute atomic E-state index is 0. The summed E-state index contributed by atoms with van der Waals surface area (Å²) in [5.41, 5.74) is 6.65. The van der Waals surface area contributed by atoms with Gasteiger partial charge >= 0.3 is 5.97 Å². The molecule has 0 aliphatic rings. The Kier molecular flexibility index (Phi) is 8.86. The van der Waals surface area contributed by atoms with Crippen molar-refractivity contribution in [3.63, 3.8) is 0 Å². The Hall–Kier alpha value is -2.49. The predicted octanol–water partition coefficient (Wildman–Crippen LogP) is 1.96. The number of thiazole rings is 1. The number of carbonyl (C=O) groups excluding carboxylic acids is 3. The molecule has 2 rings (SSSR count). The first kappa shape index (κ1) is 22.6. The molecule has 10 heteroatoms. The summed E-state index contributed by atoms with van der Waals surface area (Å²) < 4.78 is 4.84. The molecule has 0 saturated heterocycles. The van der Waals surface area contributed by atoms with E-state index < -0.39 is 17.9 Å². The van der Waals surface area contributed by atoms with Crippen molar-refractivity contribution in [2.45, 2.75) is 26.4 Å². The Morgan fingerprint density at radius 1 is 1.22 bits per heavy atom. The Labute approximate surface area is 166 Å². The van der Waals surface area contributed by atoms with Crippen molar-refractivity contribution < 1.29 is 19.1 Å². The molecule has 2 amide bonds. The molecule has 1 heterocycles. The molecule has 2 aromatic rings. The molecule has 146 valence electrons. The van der Waals surface area contributed by atoms with Gasteiger partial charge in [0.15, 0.2) is 0 Å². The summed E-state index contributed by atoms with van der Waals surface area (Å²) in [6, 6.07) is 5.55. The van der Waals surface area contributed by atoms with Gasteiger partial charge in [-0.25, -0.2) is 9.78 Å². The van der Waals surface area contributed by atoms with Crippen LogP contribution in [-0.4, -0.2) is 35.4 Å². The van der Waals surface area contributed by atoms with Crippen molar-refractivity contribution in [3.05, 3.63) is 45.9 Å². The lowest BCUT2D eigenvalue weighted by Gasteiger charge is -2.12. The molecule has 0 bridgehead atoms. The van der Waals surface area contributed by atoms with Crippen LogP contribution in [0.5, 0.6) is 0 Å². The number of aromatic nitrogens is 1. The Morgan fingerprint density at radius 3 is 2.44 bits per heavy atom. The number of halogens is 1. The molecule has 1 aromatic heterocycles. The van der Waals surface area contributed by atoms with Crippen LogP contribution in [0.4, 0.5) is 5.69 Å². The first-order chi connectivity index (χ1) is 12.4. The van der Waals surface area contributed by atoms with Crippen molar-refractivity contribution in [2.75, 3.05) is 11.9 Å². The topological polar surface area (TPSA) is 123 Å². The van der Waals surface area contributed by atoms with Gasteiger partial charge in [-0.15, -0.1) is 23.7 Å². The van der Waals surface area contributed by atoms with E-state index in [1.165, 1.54) is 11.3 Å². The molecule has 1 atom stereocenters. The van der Waals surface area contributed by atoms with Crippen LogP contribution >= 0.6 is 23.7 Å². The minimum Gasteiger partial charge on any atom is -0.464 e. The zero-order chi connectivity index (χ0) is 19.1. The molecule has 0 saturated carbocycles. The number of ether oxygens (including phenoxy) is 1. The van der Waals surface area contributed by atoms with Crippen LogP contribution in [0.1, 0.15) is 39.7 Å². The maximum atomic E-state index is 12.1. The largest absolute Gasteiger partial charge is 0.464 e. The van der Waals surface area contributed by atoms with Gasteiger partial charge in [0.05, 0.1) is 6.61 Å². The zero-order valence-electron chi connectivity index (χ0n) is 14.9. The van der Waals surface area contributed by atoms with Crippen LogP contribution in [0.2, 0.25) is 0 Å². The lowest BCUT2D eigenvalue weighted by atomic mass is 10.2. The van der Waals surface area contributed by atoms with E-state index in [4.69, 9.17) is 10.5 Å². The van der Waals surface area contributed by atoms with Crippen LogP contribution in [-0.2, 0) is 16.1 Å². The Morgan fingerprint density at radius 2 is 1.89 bits per heavy atom. The van der Waals surface area contributed by atoms with Gasteiger partial charge in [0, 0.05) is 23.2 Å². The molecule has 8 nitrogen and oxygen atoms in total. The van der Waals surface area contributed by atoms with Gasteiger partial charge < -0.3 is 21.1 Å². The van der Waals surface area contributed by atoms with Gasteiger partial charge in [-0.05, 0) is 38.1 Å².